The van der Waals surface area contributed by atoms with Crippen LogP contribution in [0.15, 0.2) is 55.4 Å². The van der Waals surface area contributed by atoms with Crippen LogP contribution >= 0.6 is 0 Å². The van der Waals surface area contributed by atoms with Gasteiger partial charge in [0.1, 0.15) is 30.0 Å². The molecule has 7 heteroatoms. The van der Waals surface area contributed by atoms with Gasteiger partial charge in [-0.1, -0.05) is 12.1 Å². The van der Waals surface area contributed by atoms with Crippen LogP contribution in [0, 0.1) is 6.92 Å². The highest BCUT2D eigenvalue weighted by Gasteiger charge is 2.07. The summed E-state index contributed by atoms with van der Waals surface area (Å²) in [4.78, 5) is 24.1. The number of ether oxygens (including phenoxy) is 1. The third-order valence-electron chi connectivity index (χ3n) is 3.05. The maximum atomic E-state index is 12.0. The molecule has 0 atom stereocenters. The zero-order valence-electron chi connectivity index (χ0n) is 12.5. The molecule has 0 aliphatic carbocycles. The maximum Gasteiger partial charge on any atom is 0.263 e. The number of imidazole rings is 1. The summed E-state index contributed by atoms with van der Waals surface area (Å²) in [6, 6.07) is 9.18. The summed E-state index contributed by atoms with van der Waals surface area (Å²) in [5.41, 5.74) is 1.07. The van der Waals surface area contributed by atoms with Crippen LogP contribution in [-0.4, -0.2) is 32.0 Å². The first kappa shape index (κ1) is 14.7. The van der Waals surface area contributed by atoms with Crippen LogP contribution in [0.2, 0.25) is 0 Å². The number of carbonyl (C=O) groups is 1. The summed E-state index contributed by atoms with van der Waals surface area (Å²) in [5.74, 6) is 1.39. The second kappa shape index (κ2) is 6.69. The molecular weight excluding hydrogens is 294 g/mol. The maximum absolute atomic E-state index is 12.0. The van der Waals surface area contributed by atoms with Crippen molar-refractivity contribution < 1.29 is 9.53 Å². The van der Waals surface area contributed by atoms with E-state index in [2.05, 4.69) is 20.3 Å². The molecule has 1 amide bonds. The van der Waals surface area contributed by atoms with Crippen LogP contribution in [0.4, 0.5) is 5.82 Å². The number of anilines is 1. The summed E-state index contributed by atoms with van der Waals surface area (Å²) in [5, 5.41) is 2.68. The minimum Gasteiger partial charge on any atom is -0.484 e. The van der Waals surface area contributed by atoms with Gasteiger partial charge in [0, 0.05) is 18.5 Å². The SMILES string of the molecule is Cc1cccc(OCC(=O)Nc2cc(-n3ccnc3)ncn2)c1. The van der Waals surface area contributed by atoms with Crippen molar-refractivity contribution in [3.63, 3.8) is 0 Å². The van der Waals surface area contributed by atoms with Crippen molar-refractivity contribution in [1.29, 1.82) is 0 Å². The summed E-state index contributed by atoms with van der Waals surface area (Å²) < 4.78 is 7.18. The van der Waals surface area contributed by atoms with E-state index < -0.39 is 0 Å². The van der Waals surface area contributed by atoms with Crippen LogP contribution in [0.1, 0.15) is 5.56 Å². The number of nitrogens with one attached hydrogen (secondary N) is 1. The van der Waals surface area contributed by atoms with Gasteiger partial charge in [-0.2, -0.15) is 0 Å². The summed E-state index contributed by atoms with van der Waals surface area (Å²) in [6.07, 6.45) is 6.41. The average Bonchev–Trinajstić information content (AvgIpc) is 3.08. The minimum absolute atomic E-state index is 0.0894. The van der Waals surface area contributed by atoms with Gasteiger partial charge in [-0.05, 0) is 24.6 Å². The molecule has 0 radical (unpaired) electrons. The molecule has 1 N–H and O–H groups in total. The zero-order chi connectivity index (χ0) is 16.1. The Balaban J connectivity index is 1.61. The average molecular weight is 309 g/mol. The van der Waals surface area contributed by atoms with Crippen LogP contribution in [0.25, 0.3) is 5.82 Å². The van der Waals surface area contributed by atoms with Gasteiger partial charge < -0.3 is 10.1 Å². The molecule has 0 fully saturated rings. The van der Waals surface area contributed by atoms with Crippen LogP contribution in [0.5, 0.6) is 5.75 Å². The first-order valence-electron chi connectivity index (χ1n) is 7.00. The number of nitrogens with zero attached hydrogens (tertiary/aromatic N) is 4. The monoisotopic (exact) mass is 309 g/mol. The predicted molar refractivity (Wildman–Crippen MR) is 84.5 cm³/mol. The van der Waals surface area contributed by atoms with E-state index in [9.17, 15) is 4.79 Å². The molecule has 0 saturated carbocycles. The second-order valence-electron chi connectivity index (χ2n) is 4.88. The quantitative estimate of drug-likeness (QED) is 0.779. The Kier molecular flexibility index (Phi) is 4.28. The number of aromatic nitrogens is 4. The van der Waals surface area contributed by atoms with E-state index in [1.54, 1.807) is 29.4 Å². The van der Waals surface area contributed by atoms with Crippen molar-refractivity contribution in [3.8, 4) is 11.6 Å². The molecule has 0 aliphatic heterocycles. The first-order chi connectivity index (χ1) is 11.2. The lowest BCUT2D eigenvalue weighted by Crippen LogP contribution is -2.21. The molecule has 0 saturated heterocycles. The van der Waals surface area contributed by atoms with Crippen LogP contribution in [0.3, 0.4) is 0 Å². The van der Waals surface area contributed by atoms with Gasteiger partial charge >= 0.3 is 0 Å². The Hall–Kier alpha value is -3.22. The highest BCUT2D eigenvalue weighted by molar-refractivity contribution is 5.91. The predicted octanol–water partition coefficient (Wildman–Crippen LogP) is 1.99. The van der Waals surface area contributed by atoms with Gasteiger partial charge in [-0.3, -0.25) is 9.36 Å². The van der Waals surface area contributed by atoms with E-state index in [1.807, 2.05) is 31.2 Å². The van der Waals surface area contributed by atoms with Gasteiger partial charge in [0.05, 0.1) is 0 Å². The van der Waals surface area contributed by atoms with Crippen molar-refractivity contribution in [3.05, 3.63) is 60.9 Å². The second-order valence-corrected chi connectivity index (χ2v) is 4.88. The standard InChI is InChI=1S/C16H15N5O2/c1-12-3-2-4-13(7-12)23-9-16(22)20-14-8-15(19-10-18-14)21-6-5-17-11-21/h2-8,10-11H,9H2,1H3,(H,18,19,20,22). The molecule has 2 aromatic heterocycles. The number of hydrogen-bond acceptors (Lipinski definition) is 5. The van der Waals surface area contributed by atoms with Gasteiger partial charge in [-0.15, -0.1) is 0 Å². The molecule has 0 bridgehead atoms. The molecule has 1 aromatic carbocycles. The lowest BCUT2D eigenvalue weighted by atomic mass is 10.2. The van der Waals surface area contributed by atoms with E-state index in [4.69, 9.17) is 4.74 Å². The van der Waals surface area contributed by atoms with Gasteiger partial charge in [0.2, 0.25) is 0 Å². The Morgan fingerprint density at radius 1 is 1.30 bits per heavy atom. The number of amides is 1. The fourth-order valence-corrected chi connectivity index (χ4v) is 1.98. The van der Waals surface area contributed by atoms with Crippen molar-refractivity contribution in [2.75, 3.05) is 11.9 Å². The highest BCUT2D eigenvalue weighted by atomic mass is 16.5. The Bertz CT molecular complexity index is 802. The molecule has 7 nitrogen and oxygen atoms in total. The topological polar surface area (TPSA) is 81.9 Å². The summed E-state index contributed by atoms with van der Waals surface area (Å²) >= 11 is 0. The van der Waals surface area contributed by atoms with Crippen molar-refractivity contribution in [2.24, 2.45) is 0 Å². The van der Waals surface area contributed by atoms with Crippen molar-refractivity contribution in [2.45, 2.75) is 6.92 Å². The number of benzene rings is 1. The number of carbonyl (C=O) groups excluding carboxylic acids is 1. The normalized spacial score (nSPS) is 10.3. The molecule has 23 heavy (non-hydrogen) atoms. The smallest absolute Gasteiger partial charge is 0.263 e. The Labute approximate surface area is 133 Å². The highest BCUT2D eigenvalue weighted by Crippen LogP contribution is 2.12. The third-order valence-corrected chi connectivity index (χ3v) is 3.05. The van der Waals surface area contributed by atoms with E-state index >= 15 is 0 Å². The number of aryl methyl sites for hydroxylation is 1. The van der Waals surface area contributed by atoms with Crippen molar-refractivity contribution in [1.82, 2.24) is 19.5 Å². The minimum atomic E-state index is -0.290. The number of rotatable bonds is 5. The molecule has 0 aliphatic rings. The van der Waals surface area contributed by atoms with Gasteiger partial charge in [0.25, 0.3) is 5.91 Å². The largest absolute Gasteiger partial charge is 0.484 e. The number of hydrogen-bond donors (Lipinski definition) is 1. The lowest BCUT2D eigenvalue weighted by molar-refractivity contribution is -0.118. The van der Waals surface area contributed by atoms with Crippen LogP contribution < -0.4 is 10.1 Å². The molecule has 3 aromatic rings. The van der Waals surface area contributed by atoms with Crippen LogP contribution in [-0.2, 0) is 4.79 Å². The van der Waals surface area contributed by atoms with E-state index in [1.165, 1.54) is 6.33 Å². The lowest BCUT2D eigenvalue weighted by Gasteiger charge is -2.08. The molecule has 116 valence electrons. The van der Waals surface area contributed by atoms with Gasteiger partial charge in [-0.25, -0.2) is 15.0 Å². The van der Waals surface area contributed by atoms with E-state index in [-0.39, 0.29) is 12.5 Å². The molecule has 2 heterocycles. The Morgan fingerprint density at radius 3 is 3.00 bits per heavy atom. The molecular formula is C16H15N5O2. The summed E-state index contributed by atoms with van der Waals surface area (Å²) in [6.45, 7) is 1.87. The fraction of sp³-hybridized carbons (Fsp3) is 0.125. The first-order valence-corrected chi connectivity index (χ1v) is 7.00. The molecule has 0 spiro atoms. The molecule has 3 rings (SSSR count). The Morgan fingerprint density at radius 2 is 2.22 bits per heavy atom. The zero-order valence-corrected chi connectivity index (χ0v) is 12.5. The molecule has 0 unspecified atom stereocenters. The van der Waals surface area contributed by atoms with E-state index in [0.717, 1.165) is 5.56 Å². The summed E-state index contributed by atoms with van der Waals surface area (Å²) in [7, 11) is 0. The van der Waals surface area contributed by atoms with E-state index in [0.29, 0.717) is 17.4 Å². The van der Waals surface area contributed by atoms with Gasteiger partial charge in [0.15, 0.2) is 6.61 Å². The van der Waals surface area contributed by atoms with Crippen molar-refractivity contribution >= 4 is 11.7 Å². The fourth-order valence-electron chi connectivity index (χ4n) is 1.98. The third kappa shape index (κ3) is 3.91.